The van der Waals surface area contributed by atoms with E-state index >= 15 is 0 Å². The first-order chi connectivity index (χ1) is 9.77. The Hall–Kier alpha value is -1.36. The summed E-state index contributed by atoms with van der Waals surface area (Å²) in [6.45, 7) is 7.80. The lowest BCUT2D eigenvalue weighted by molar-refractivity contribution is 0.433. The van der Waals surface area contributed by atoms with Crippen molar-refractivity contribution < 1.29 is 0 Å². The highest BCUT2D eigenvalue weighted by Gasteiger charge is 2.25. The smallest absolute Gasteiger partial charge is 0.293 e. The van der Waals surface area contributed by atoms with Gasteiger partial charge in [-0.1, -0.05) is 13.8 Å². The zero-order valence-corrected chi connectivity index (χ0v) is 12.6. The molecular weight excluding hydrogens is 252 g/mol. The van der Waals surface area contributed by atoms with E-state index in [1.54, 1.807) is 17.0 Å². The van der Waals surface area contributed by atoms with E-state index < -0.39 is 0 Å². The molecule has 5 nitrogen and oxygen atoms in total. The van der Waals surface area contributed by atoms with Crippen molar-refractivity contribution in [1.82, 2.24) is 14.9 Å². The van der Waals surface area contributed by atoms with Crippen molar-refractivity contribution in [2.24, 2.45) is 0 Å². The van der Waals surface area contributed by atoms with Crippen LogP contribution in [0.25, 0.3) is 0 Å². The molecule has 0 saturated carbocycles. The lowest BCUT2D eigenvalue weighted by Gasteiger charge is -2.36. The maximum absolute atomic E-state index is 12.5. The lowest BCUT2D eigenvalue weighted by atomic mass is 10.0. The molecule has 1 saturated heterocycles. The van der Waals surface area contributed by atoms with E-state index in [1.807, 2.05) is 0 Å². The van der Waals surface area contributed by atoms with Crippen LogP contribution < -0.4 is 15.8 Å². The van der Waals surface area contributed by atoms with Crippen molar-refractivity contribution in [2.45, 2.75) is 52.1 Å². The average molecular weight is 278 g/mol. The van der Waals surface area contributed by atoms with Crippen LogP contribution in [0.4, 0.5) is 5.82 Å². The van der Waals surface area contributed by atoms with Crippen molar-refractivity contribution in [2.75, 3.05) is 24.5 Å². The zero-order chi connectivity index (χ0) is 14.4. The van der Waals surface area contributed by atoms with Crippen molar-refractivity contribution in [3.63, 3.8) is 0 Å². The molecule has 0 spiro atoms. The van der Waals surface area contributed by atoms with Crippen molar-refractivity contribution in [3.05, 3.63) is 22.7 Å². The van der Waals surface area contributed by atoms with Crippen LogP contribution in [0.2, 0.25) is 0 Å². The SMILES string of the molecule is CCCn1ccnc(N2CCCCC2CNCC)c1=O. The first kappa shape index (κ1) is 15.0. The number of hydrogen-bond acceptors (Lipinski definition) is 4. The summed E-state index contributed by atoms with van der Waals surface area (Å²) in [6, 6.07) is 0.390. The van der Waals surface area contributed by atoms with Gasteiger partial charge in [-0.25, -0.2) is 4.98 Å². The fraction of sp³-hybridized carbons (Fsp3) is 0.733. The van der Waals surface area contributed by atoms with Crippen molar-refractivity contribution in [1.29, 1.82) is 0 Å². The fourth-order valence-corrected chi connectivity index (χ4v) is 2.85. The quantitative estimate of drug-likeness (QED) is 0.859. The predicted molar refractivity (Wildman–Crippen MR) is 82.3 cm³/mol. The molecule has 1 aromatic rings. The van der Waals surface area contributed by atoms with Gasteiger partial charge in [-0.15, -0.1) is 0 Å². The van der Waals surface area contributed by atoms with Gasteiger partial charge in [-0.3, -0.25) is 4.79 Å². The second-order valence-electron chi connectivity index (χ2n) is 5.40. The van der Waals surface area contributed by atoms with Crippen molar-refractivity contribution >= 4 is 5.82 Å². The summed E-state index contributed by atoms with van der Waals surface area (Å²) in [6.07, 6.45) is 8.03. The highest BCUT2D eigenvalue weighted by Crippen LogP contribution is 2.20. The van der Waals surface area contributed by atoms with Gasteiger partial charge < -0.3 is 14.8 Å². The Kier molecular flexibility index (Phi) is 5.59. The number of nitrogens with one attached hydrogen (secondary N) is 1. The molecule has 5 heteroatoms. The Morgan fingerprint density at radius 3 is 3.00 bits per heavy atom. The summed E-state index contributed by atoms with van der Waals surface area (Å²) < 4.78 is 1.78. The predicted octanol–water partition coefficient (Wildman–Crippen LogP) is 1.62. The van der Waals surface area contributed by atoms with Crippen LogP contribution >= 0.6 is 0 Å². The Labute approximate surface area is 121 Å². The normalized spacial score (nSPS) is 19.3. The summed E-state index contributed by atoms with van der Waals surface area (Å²) in [7, 11) is 0. The topological polar surface area (TPSA) is 50.2 Å². The molecule has 0 aliphatic carbocycles. The maximum atomic E-state index is 12.5. The van der Waals surface area contributed by atoms with Crippen LogP contribution in [-0.2, 0) is 6.54 Å². The number of aryl methyl sites for hydroxylation is 1. The first-order valence-corrected chi connectivity index (χ1v) is 7.80. The summed E-state index contributed by atoms with van der Waals surface area (Å²) >= 11 is 0. The van der Waals surface area contributed by atoms with Gasteiger partial charge in [-0.2, -0.15) is 0 Å². The number of piperidine rings is 1. The van der Waals surface area contributed by atoms with Crippen LogP contribution in [0.1, 0.15) is 39.5 Å². The van der Waals surface area contributed by atoms with Gasteiger partial charge in [0.1, 0.15) is 0 Å². The highest BCUT2D eigenvalue weighted by atomic mass is 16.1. The largest absolute Gasteiger partial charge is 0.348 e. The molecule has 1 aliphatic heterocycles. The Balaban J connectivity index is 2.23. The van der Waals surface area contributed by atoms with Gasteiger partial charge in [0.2, 0.25) is 0 Å². The third-order valence-electron chi connectivity index (χ3n) is 3.89. The number of rotatable bonds is 6. The van der Waals surface area contributed by atoms with E-state index in [2.05, 4.69) is 29.0 Å². The molecule has 20 heavy (non-hydrogen) atoms. The summed E-state index contributed by atoms with van der Waals surface area (Å²) in [5.41, 5.74) is 0.0535. The molecule has 1 N–H and O–H groups in total. The van der Waals surface area contributed by atoms with Crippen molar-refractivity contribution in [3.8, 4) is 0 Å². The van der Waals surface area contributed by atoms with Gasteiger partial charge in [0.15, 0.2) is 5.82 Å². The minimum Gasteiger partial charge on any atom is -0.348 e. The molecule has 1 aliphatic rings. The Morgan fingerprint density at radius 2 is 2.25 bits per heavy atom. The van der Waals surface area contributed by atoms with Gasteiger partial charge >= 0.3 is 0 Å². The highest BCUT2D eigenvalue weighted by molar-refractivity contribution is 5.38. The van der Waals surface area contributed by atoms with E-state index in [9.17, 15) is 4.79 Å². The van der Waals surface area contributed by atoms with Crippen LogP contribution in [0, 0.1) is 0 Å². The molecule has 0 aromatic carbocycles. The third-order valence-corrected chi connectivity index (χ3v) is 3.89. The molecule has 1 fully saturated rings. The second kappa shape index (κ2) is 7.43. The van der Waals surface area contributed by atoms with Gasteiger partial charge in [0.05, 0.1) is 0 Å². The molecule has 2 rings (SSSR count). The third kappa shape index (κ3) is 3.39. The van der Waals surface area contributed by atoms with Crippen LogP contribution in [0.15, 0.2) is 17.2 Å². The summed E-state index contributed by atoms with van der Waals surface area (Å²) in [5.74, 6) is 0.628. The summed E-state index contributed by atoms with van der Waals surface area (Å²) in [5, 5.41) is 3.40. The molecule has 0 radical (unpaired) electrons. The zero-order valence-electron chi connectivity index (χ0n) is 12.6. The number of anilines is 1. The van der Waals surface area contributed by atoms with Gasteiger partial charge in [0.25, 0.3) is 5.56 Å². The summed E-state index contributed by atoms with van der Waals surface area (Å²) in [4.78, 5) is 19.1. The standard InChI is InChI=1S/C15H26N4O/c1-3-9-18-11-8-17-14(15(18)20)19-10-6-5-7-13(19)12-16-4-2/h8,11,13,16H,3-7,9-10,12H2,1-2H3. The minimum absolute atomic E-state index is 0.0535. The van der Waals surface area contributed by atoms with E-state index in [0.29, 0.717) is 11.9 Å². The molecule has 112 valence electrons. The maximum Gasteiger partial charge on any atom is 0.293 e. The van der Waals surface area contributed by atoms with Crippen LogP contribution in [0.3, 0.4) is 0 Å². The molecule has 0 bridgehead atoms. The number of likely N-dealkylation sites (N-methyl/N-ethyl adjacent to an activating group) is 1. The fourth-order valence-electron chi connectivity index (χ4n) is 2.85. The molecule has 1 atom stereocenters. The molecule has 1 unspecified atom stereocenters. The van der Waals surface area contributed by atoms with E-state index in [4.69, 9.17) is 0 Å². The van der Waals surface area contributed by atoms with E-state index in [1.165, 1.54) is 6.42 Å². The second-order valence-corrected chi connectivity index (χ2v) is 5.40. The molecule has 0 amide bonds. The monoisotopic (exact) mass is 278 g/mol. The Bertz CT molecular complexity index is 471. The van der Waals surface area contributed by atoms with Crippen LogP contribution in [0.5, 0.6) is 0 Å². The van der Waals surface area contributed by atoms with E-state index in [-0.39, 0.29) is 5.56 Å². The average Bonchev–Trinajstić information content (AvgIpc) is 2.48. The lowest BCUT2D eigenvalue weighted by Crippen LogP contribution is -2.48. The number of nitrogens with zero attached hydrogens (tertiary/aromatic N) is 3. The van der Waals surface area contributed by atoms with Gasteiger partial charge in [0, 0.05) is 38.1 Å². The minimum atomic E-state index is 0.0535. The molecular formula is C15H26N4O. The number of aromatic nitrogens is 2. The van der Waals surface area contributed by atoms with E-state index in [0.717, 1.165) is 45.4 Å². The molecule has 1 aromatic heterocycles. The first-order valence-electron chi connectivity index (χ1n) is 7.80. The van der Waals surface area contributed by atoms with Crippen LogP contribution in [-0.4, -0.2) is 35.2 Å². The Morgan fingerprint density at radius 1 is 1.40 bits per heavy atom. The molecule has 2 heterocycles. The number of hydrogen-bond donors (Lipinski definition) is 1. The van der Waals surface area contributed by atoms with Gasteiger partial charge in [-0.05, 0) is 32.2 Å².